The predicted octanol–water partition coefficient (Wildman–Crippen LogP) is 5.07. The molecular weight excluding hydrogens is 312 g/mol. The molecule has 0 saturated heterocycles. The Bertz CT molecular complexity index is 781. The molecule has 1 atom stereocenters. The van der Waals surface area contributed by atoms with E-state index in [-0.39, 0.29) is 5.92 Å². The van der Waals surface area contributed by atoms with E-state index in [0.29, 0.717) is 6.54 Å². The van der Waals surface area contributed by atoms with Gasteiger partial charge in [-0.05, 0) is 41.1 Å². The van der Waals surface area contributed by atoms with Crippen LogP contribution in [0.4, 0.5) is 4.79 Å². The molecule has 0 saturated carbocycles. The van der Waals surface area contributed by atoms with Gasteiger partial charge in [0.2, 0.25) is 0 Å². The lowest BCUT2D eigenvalue weighted by Crippen LogP contribution is -2.25. The number of nitrogens with one attached hydrogen (secondary N) is 2. The average Bonchev–Trinajstić information content (AvgIpc) is 3.15. The summed E-state index contributed by atoms with van der Waals surface area (Å²) in [5, 5.41) is 3.97. The third-order valence-electron chi connectivity index (χ3n) is 4.07. The van der Waals surface area contributed by atoms with Gasteiger partial charge in [0.1, 0.15) is 0 Å². The van der Waals surface area contributed by atoms with Crippen LogP contribution >= 0.6 is 0 Å². The van der Waals surface area contributed by atoms with Gasteiger partial charge in [-0.1, -0.05) is 50.2 Å². The Hall–Kier alpha value is -2.75. The third kappa shape index (κ3) is 4.86. The van der Waals surface area contributed by atoms with Gasteiger partial charge < -0.3 is 15.0 Å². The largest absolute Gasteiger partial charge is 0.453 e. The number of rotatable bonds is 5. The minimum Gasteiger partial charge on any atom is -0.453 e. The minimum absolute atomic E-state index is 0.229. The maximum absolute atomic E-state index is 11.3. The number of H-pyrrole nitrogens is 1. The van der Waals surface area contributed by atoms with Crippen molar-refractivity contribution in [2.75, 3.05) is 13.7 Å². The molecule has 0 radical (unpaired) electrons. The molecule has 0 bridgehead atoms. The van der Waals surface area contributed by atoms with Crippen LogP contribution in [0.2, 0.25) is 0 Å². The van der Waals surface area contributed by atoms with Crippen molar-refractivity contribution < 1.29 is 9.53 Å². The molecule has 132 valence electrons. The summed E-state index contributed by atoms with van der Waals surface area (Å²) in [7, 11) is 1.38. The van der Waals surface area contributed by atoms with Crippen LogP contribution in [0.1, 0.15) is 37.3 Å². The zero-order chi connectivity index (χ0) is 18.1. The highest BCUT2D eigenvalue weighted by Gasteiger charge is 2.15. The van der Waals surface area contributed by atoms with E-state index >= 15 is 0 Å². The lowest BCUT2D eigenvalue weighted by Gasteiger charge is -2.18. The first-order valence-electron chi connectivity index (χ1n) is 8.72. The van der Waals surface area contributed by atoms with Crippen LogP contribution in [0, 0.1) is 0 Å². The SMILES string of the molecule is CC.COC(=O)NCCC(c1ccccc1)c1ccc2[nH]ccc2c1. The number of aromatic nitrogens is 1. The number of carbonyl (C=O) groups is 1. The van der Waals surface area contributed by atoms with E-state index in [1.54, 1.807) is 0 Å². The summed E-state index contributed by atoms with van der Waals surface area (Å²) < 4.78 is 4.64. The first-order chi connectivity index (χ1) is 12.3. The lowest BCUT2D eigenvalue weighted by molar-refractivity contribution is 0.171. The summed E-state index contributed by atoms with van der Waals surface area (Å²) in [4.78, 5) is 14.5. The summed E-state index contributed by atoms with van der Waals surface area (Å²) in [6.07, 6.45) is 2.37. The molecule has 0 aliphatic heterocycles. The first kappa shape index (κ1) is 18.6. The van der Waals surface area contributed by atoms with Crippen molar-refractivity contribution in [2.24, 2.45) is 0 Å². The molecule has 1 heterocycles. The summed E-state index contributed by atoms with van der Waals surface area (Å²) in [5.74, 6) is 0.229. The number of hydrogen-bond donors (Lipinski definition) is 2. The number of hydrogen-bond acceptors (Lipinski definition) is 2. The molecule has 2 N–H and O–H groups in total. The van der Waals surface area contributed by atoms with Crippen LogP contribution in [-0.2, 0) is 4.74 Å². The standard InChI is InChI=1S/C19H20N2O2.C2H6/c1-23-19(22)21-12-10-17(14-5-3-2-4-6-14)15-7-8-18-16(13-15)9-11-20-18;1-2/h2-9,11,13,17,20H,10,12H2,1H3,(H,21,22);1-2H3. The van der Waals surface area contributed by atoms with E-state index in [1.165, 1.54) is 23.6 Å². The van der Waals surface area contributed by atoms with Gasteiger partial charge in [0.05, 0.1) is 7.11 Å². The third-order valence-corrected chi connectivity index (χ3v) is 4.07. The van der Waals surface area contributed by atoms with Gasteiger partial charge in [-0.3, -0.25) is 0 Å². The molecule has 1 aromatic heterocycles. The lowest BCUT2D eigenvalue weighted by atomic mass is 9.88. The van der Waals surface area contributed by atoms with E-state index < -0.39 is 6.09 Å². The maximum Gasteiger partial charge on any atom is 0.406 e. The Kier molecular flexibility index (Phi) is 7.08. The number of benzene rings is 2. The topological polar surface area (TPSA) is 54.1 Å². The smallest absolute Gasteiger partial charge is 0.406 e. The second kappa shape index (κ2) is 9.52. The normalized spacial score (nSPS) is 11.3. The van der Waals surface area contributed by atoms with Crippen molar-refractivity contribution >= 4 is 17.0 Å². The summed E-state index contributed by atoms with van der Waals surface area (Å²) in [6.45, 7) is 4.57. The van der Waals surface area contributed by atoms with E-state index in [2.05, 4.69) is 51.4 Å². The molecule has 1 unspecified atom stereocenters. The first-order valence-corrected chi connectivity index (χ1v) is 8.72. The minimum atomic E-state index is -0.391. The number of alkyl carbamates (subject to hydrolysis) is 1. The molecule has 2 aromatic carbocycles. The maximum atomic E-state index is 11.3. The number of methoxy groups -OCH3 is 1. The van der Waals surface area contributed by atoms with Crippen LogP contribution in [-0.4, -0.2) is 24.7 Å². The Morgan fingerprint density at radius 1 is 1.08 bits per heavy atom. The average molecular weight is 338 g/mol. The number of fused-ring (bicyclic) bond motifs is 1. The van der Waals surface area contributed by atoms with E-state index in [1.807, 2.05) is 38.2 Å². The number of carbonyl (C=O) groups excluding carboxylic acids is 1. The fraction of sp³-hybridized carbons (Fsp3) is 0.286. The molecule has 3 rings (SSSR count). The molecule has 0 spiro atoms. The van der Waals surface area contributed by atoms with Crippen LogP contribution in [0.5, 0.6) is 0 Å². The molecule has 0 aliphatic carbocycles. The van der Waals surface area contributed by atoms with Gasteiger partial charge in [0.25, 0.3) is 0 Å². The molecule has 4 heteroatoms. The zero-order valence-electron chi connectivity index (χ0n) is 15.1. The fourth-order valence-electron chi connectivity index (χ4n) is 2.89. The van der Waals surface area contributed by atoms with Crippen molar-refractivity contribution in [3.8, 4) is 0 Å². The van der Waals surface area contributed by atoms with Crippen LogP contribution < -0.4 is 5.32 Å². The van der Waals surface area contributed by atoms with Crippen LogP contribution in [0.25, 0.3) is 10.9 Å². The highest BCUT2D eigenvalue weighted by molar-refractivity contribution is 5.80. The molecule has 1 amide bonds. The van der Waals surface area contributed by atoms with E-state index in [4.69, 9.17) is 0 Å². The summed E-state index contributed by atoms with van der Waals surface area (Å²) >= 11 is 0. The van der Waals surface area contributed by atoms with Gasteiger partial charge in [-0.15, -0.1) is 0 Å². The predicted molar refractivity (Wildman–Crippen MR) is 103 cm³/mol. The van der Waals surface area contributed by atoms with Crippen molar-refractivity contribution in [3.63, 3.8) is 0 Å². The van der Waals surface area contributed by atoms with Gasteiger partial charge in [-0.2, -0.15) is 0 Å². The Morgan fingerprint density at radius 3 is 2.56 bits per heavy atom. The number of aromatic amines is 1. The van der Waals surface area contributed by atoms with Crippen molar-refractivity contribution in [3.05, 3.63) is 71.9 Å². The van der Waals surface area contributed by atoms with Crippen LogP contribution in [0.15, 0.2) is 60.8 Å². The quantitative estimate of drug-likeness (QED) is 0.682. The monoisotopic (exact) mass is 338 g/mol. The van der Waals surface area contributed by atoms with Gasteiger partial charge >= 0.3 is 6.09 Å². The van der Waals surface area contributed by atoms with Gasteiger partial charge in [0, 0.05) is 24.2 Å². The zero-order valence-corrected chi connectivity index (χ0v) is 15.1. The van der Waals surface area contributed by atoms with E-state index in [0.717, 1.165) is 11.9 Å². The van der Waals surface area contributed by atoms with Crippen molar-refractivity contribution in [2.45, 2.75) is 26.2 Å². The second-order valence-corrected chi connectivity index (χ2v) is 5.49. The second-order valence-electron chi connectivity index (χ2n) is 5.49. The molecule has 25 heavy (non-hydrogen) atoms. The number of amides is 1. The Morgan fingerprint density at radius 2 is 1.84 bits per heavy atom. The highest BCUT2D eigenvalue weighted by atomic mass is 16.5. The van der Waals surface area contributed by atoms with Gasteiger partial charge in [0.15, 0.2) is 0 Å². The van der Waals surface area contributed by atoms with Crippen molar-refractivity contribution in [1.82, 2.24) is 10.3 Å². The van der Waals surface area contributed by atoms with Crippen molar-refractivity contribution in [1.29, 1.82) is 0 Å². The molecule has 0 fully saturated rings. The molecule has 3 aromatic rings. The summed E-state index contributed by atoms with van der Waals surface area (Å²) in [5.41, 5.74) is 3.62. The molecular formula is C21H26N2O2. The number of ether oxygens (including phenoxy) is 1. The Labute approximate surface area is 149 Å². The summed E-state index contributed by atoms with van der Waals surface area (Å²) in [6, 6.07) is 18.9. The Balaban J connectivity index is 0.00000109. The van der Waals surface area contributed by atoms with Gasteiger partial charge in [-0.25, -0.2) is 4.79 Å². The highest BCUT2D eigenvalue weighted by Crippen LogP contribution is 2.29. The van der Waals surface area contributed by atoms with E-state index in [9.17, 15) is 4.79 Å². The van der Waals surface area contributed by atoms with Crippen LogP contribution in [0.3, 0.4) is 0 Å². The fourth-order valence-corrected chi connectivity index (χ4v) is 2.89. The molecule has 0 aliphatic rings. The molecule has 4 nitrogen and oxygen atoms in total.